The predicted octanol–water partition coefficient (Wildman–Crippen LogP) is 3.78. The van der Waals surface area contributed by atoms with E-state index in [1.165, 1.54) is 0 Å². The van der Waals surface area contributed by atoms with Crippen LogP contribution in [-0.4, -0.2) is 23.3 Å². The van der Waals surface area contributed by atoms with E-state index in [0.29, 0.717) is 5.11 Å². The topological polar surface area (TPSA) is 56.7 Å². The molecule has 140 valence electrons. The van der Waals surface area contributed by atoms with Crippen LogP contribution in [0.25, 0.3) is 0 Å². The van der Waals surface area contributed by atoms with E-state index in [2.05, 4.69) is 22.8 Å². The van der Waals surface area contributed by atoms with Crippen molar-refractivity contribution in [1.82, 2.24) is 10.7 Å². The number of nitrogens with zero attached hydrogens (tertiary/aromatic N) is 2. The van der Waals surface area contributed by atoms with Crippen molar-refractivity contribution in [3.63, 3.8) is 0 Å². The number of hydrogen-bond donors (Lipinski definition) is 2. The van der Waals surface area contributed by atoms with Gasteiger partial charge in [-0.25, -0.2) is 0 Å². The minimum Gasteiger partial charge on any atom is -0.361 e. The molecule has 1 amide bonds. The van der Waals surface area contributed by atoms with Gasteiger partial charge in [0.15, 0.2) is 5.11 Å². The van der Waals surface area contributed by atoms with Gasteiger partial charge in [0, 0.05) is 12.2 Å². The highest BCUT2D eigenvalue weighted by Crippen LogP contribution is 2.35. The van der Waals surface area contributed by atoms with Crippen molar-refractivity contribution in [2.24, 2.45) is 5.10 Å². The molecular weight excluding hydrogens is 356 g/mol. The van der Waals surface area contributed by atoms with Crippen LogP contribution in [0.5, 0.6) is 0 Å². The lowest BCUT2D eigenvalue weighted by Crippen LogP contribution is -2.34. The van der Waals surface area contributed by atoms with Crippen LogP contribution < -0.4 is 15.6 Å². The summed E-state index contributed by atoms with van der Waals surface area (Å²) in [6.07, 6.45) is 2.41. The van der Waals surface area contributed by atoms with Gasteiger partial charge in [-0.15, -0.1) is 0 Å². The molecule has 1 aliphatic rings. The zero-order valence-electron chi connectivity index (χ0n) is 15.4. The molecule has 0 saturated carbocycles. The third-order valence-corrected chi connectivity index (χ3v) is 4.68. The van der Waals surface area contributed by atoms with E-state index >= 15 is 0 Å². The van der Waals surface area contributed by atoms with Crippen LogP contribution >= 0.6 is 12.2 Å². The van der Waals surface area contributed by atoms with Gasteiger partial charge in [0.1, 0.15) is 6.04 Å². The fraction of sp³-hybridized carbons (Fsp3) is 0.286. The van der Waals surface area contributed by atoms with Gasteiger partial charge in [0.2, 0.25) is 5.91 Å². The van der Waals surface area contributed by atoms with Crippen LogP contribution in [0.1, 0.15) is 37.8 Å². The zero-order chi connectivity index (χ0) is 19.1. The average Bonchev–Trinajstić information content (AvgIpc) is 3.04. The minimum atomic E-state index is -0.243. The number of para-hydroxylation sites is 1. The minimum absolute atomic E-state index is 0.0282. The maximum absolute atomic E-state index is 12.8. The second-order valence-electron chi connectivity index (χ2n) is 6.41. The standard InChI is InChI=1S/C21H24N4OS/c1-2-3-14-22-21(27)24-23-18-15-19(26)25(17-12-8-5-9-13-17)20(18)16-10-6-4-7-11-16/h4-13,20H,2-3,14-15H2,1H3,(H2,22,24,27)/b23-18-. The summed E-state index contributed by atoms with van der Waals surface area (Å²) in [5.41, 5.74) is 5.56. The molecule has 1 unspecified atom stereocenters. The Morgan fingerprint density at radius 2 is 1.81 bits per heavy atom. The first kappa shape index (κ1) is 19.0. The molecule has 1 heterocycles. The molecule has 0 bridgehead atoms. The Balaban J connectivity index is 1.86. The first-order valence-electron chi connectivity index (χ1n) is 9.23. The lowest BCUT2D eigenvalue weighted by atomic mass is 10.0. The first-order chi connectivity index (χ1) is 13.2. The molecule has 2 aromatic carbocycles. The molecule has 27 heavy (non-hydrogen) atoms. The third-order valence-electron chi connectivity index (χ3n) is 4.44. The van der Waals surface area contributed by atoms with Crippen molar-refractivity contribution >= 4 is 34.6 Å². The SMILES string of the molecule is CCCCNC(=S)N/N=C1/CC(=O)N(c2ccccc2)C1c1ccccc1. The van der Waals surface area contributed by atoms with E-state index in [-0.39, 0.29) is 18.4 Å². The summed E-state index contributed by atoms with van der Waals surface area (Å²) in [4.78, 5) is 14.6. The Labute approximate surface area is 165 Å². The summed E-state index contributed by atoms with van der Waals surface area (Å²) < 4.78 is 0. The molecule has 1 saturated heterocycles. The van der Waals surface area contributed by atoms with Gasteiger partial charge < -0.3 is 5.32 Å². The lowest BCUT2D eigenvalue weighted by molar-refractivity contribution is -0.116. The number of unbranched alkanes of at least 4 members (excludes halogenated alkanes) is 1. The van der Waals surface area contributed by atoms with Crippen molar-refractivity contribution in [2.75, 3.05) is 11.4 Å². The van der Waals surface area contributed by atoms with E-state index in [1.54, 1.807) is 0 Å². The molecule has 2 aromatic rings. The van der Waals surface area contributed by atoms with Crippen LogP contribution in [-0.2, 0) is 4.79 Å². The number of rotatable bonds is 6. The molecule has 6 heteroatoms. The number of thiocarbonyl (C=S) groups is 1. The number of carbonyl (C=O) groups excluding carboxylic acids is 1. The molecule has 5 nitrogen and oxygen atoms in total. The van der Waals surface area contributed by atoms with Crippen LogP contribution in [0, 0.1) is 0 Å². The van der Waals surface area contributed by atoms with Crippen molar-refractivity contribution in [3.8, 4) is 0 Å². The van der Waals surface area contributed by atoms with Gasteiger partial charge in [-0.2, -0.15) is 5.10 Å². The van der Waals surface area contributed by atoms with Crippen LogP contribution in [0.2, 0.25) is 0 Å². The highest BCUT2D eigenvalue weighted by atomic mass is 32.1. The van der Waals surface area contributed by atoms with Gasteiger partial charge in [-0.1, -0.05) is 61.9 Å². The fourth-order valence-corrected chi connectivity index (χ4v) is 3.28. The van der Waals surface area contributed by atoms with E-state index in [0.717, 1.165) is 36.3 Å². The summed E-state index contributed by atoms with van der Waals surface area (Å²) in [7, 11) is 0. The van der Waals surface area contributed by atoms with Crippen LogP contribution in [0.4, 0.5) is 5.69 Å². The smallest absolute Gasteiger partial charge is 0.233 e. The lowest BCUT2D eigenvalue weighted by Gasteiger charge is -2.25. The molecule has 1 aliphatic heterocycles. The van der Waals surface area contributed by atoms with Gasteiger partial charge in [0.25, 0.3) is 0 Å². The Kier molecular flexibility index (Phi) is 6.54. The van der Waals surface area contributed by atoms with E-state index in [1.807, 2.05) is 65.6 Å². The molecule has 0 aliphatic carbocycles. The zero-order valence-corrected chi connectivity index (χ0v) is 16.2. The van der Waals surface area contributed by atoms with Crippen molar-refractivity contribution in [1.29, 1.82) is 0 Å². The molecule has 3 rings (SSSR count). The normalized spacial score (nSPS) is 18.0. The largest absolute Gasteiger partial charge is 0.361 e. The van der Waals surface area contributed by atoms with Gasteiger partial charge in [-0.05, 0) is 36.3 Å². The Bertz CT molecular complexity index is 807. The number of nitrogens with one attached hydrogen (secondary N) is 2. The maximum Gasteiger partial charge on any atom is 0.233 e. The highest BCUT2D eigenvalue weighted by Gasteiger charge is 2.38. The maximum atomic E-state index is 12.8. The van der Waals surface area contributed by atoms with E-state index in [9.17, 15) is 4.79 Å². The summed E-state index contributed by atoms with van der Waals surface area (Å²) >= 11 is 5.28. The molecule has 0 spiro atoms. The average molecular weight is 381 g/mol. The summed E-state index contributed by atoms with van der Waals surface area (Å²) in [5, 5.41) is 8.10. The second-order valence-corrected chi connectivity index (χ2v) is 6.82. The van der Waals surface area contributed by atoms with Crippen molar-refractivity contribution in [3.05, 3.63) is 66.2 Å². The molecule has 1 fully saturated rings. The van der Waals surface area contributed by atoms with Crippen LogP contribution in [0.15, 0.2) is 65.8 Å². The number of anilines is 1. The van der Waals surface area contributed by atoms with Gasteiger partial charge in [0.05, 0.1) is 12.1 Å². The molecule has 0 radical (unpaired) electrons. The van der Waals surface area contributed by atoms with Gasteiger partial charge >= 0.3 is 0 Å². The van der Waals surface area contributed by atoms with Gasteiger partial charge in [-0.3, -0.25) is 15.1 Å². The number of amides is 1. The number of hydrazone groups is 1. The molecule has 2 N–H and O–H groups in total. The quantitative estimate of drug-likeness (QED) is 0.455. The monoisotopic (exact) mass is 380 g/mol. The second kappa shape index (κ2) is 9.28. The summed E-state index contributed by atoms with van der Waals surface area (Å²) in [5.74, 6) is 0.0282. The number of hydrogen-bond acceptors (Lipinski definition) is 3. The summed E-state index contributed by atoms with van der Waals surface area (Å²) in [6.45, 7) is 2.94. The van der Waals surface area contributed by atoms with Crippen molar-refractivity contribution < 1.29 is 4.79 Å². The first-order valence-corrected chi connectivity index (χ1v) is 9.64. The Morgan fingerprint density at radius 1 is 1.15 bits per heavy atom. The van der Waals surface area contributed by atoms with Crippen LogP contribution in [0.3, 0.4) is 0 Å². The molecule has 1 atom stereocenters. The van der Waals surface area contributed by atoms with E-state index < -0.39 is 0 Å². The number of benzene rings is 2. The van der Waals surface area contributed by atoms with E-state index in [4.69, 9.17) is 12.2 Å². The number of carbonyl (C=O) groups is 1. The fourth-order valence-electron chi connectivity index (χ4n) is 3.13. The molecule has 0 aromatic heterocycles. The summed E-state index contributed by atoms with van der Waals surface area (Å²) in [6, 6.07) is 19.4. The highest BCUT2D eigenvalue weighted by molar-refractivity contribution is 7.80. The van der Waals surface area contributed by atoms with Crippen molar-refractivity contribution in [2.45, 2.75) is 32.2 Å². The Morgan fingerprint density at radius 3 is 2.48 bits per heavy atom. The Hall–Kier alpha value is -2.73. The third kappa shape index (κ3) is 4.71. The predicted molar refractivity (Wildman–Crippen MR) is 114 cm³/mol. The molecular formula is C21H24N4OS.